The lowest BCUT2D eigenvalue weighted by atomic mass is 10.0. The minimum Gasteiger partial charge on any atom is -0.497 e. The molecule has 33 heavy (non-hydrogen) atoms. The van der Waals surface area contributed by atoms with Gasteiger partial charge >= 0.3 is 0 Å². The van der Waals surface area contributed by atoms with Gasteiger partial charge in [-0.2, -0.15) is 10.1 Å². The molecule has 0 radical (unpaired) electrons. The van der Waals surface area contributed by atoms with Crippen molar-refractivity contribution in [3.8, 4) is 34.3 Å². The summed E-state index contributed by atoms with van der Waals surface area (Å²) in [5, 5.41) is 8.81. The van der Waals surface area contributed by atoms with Crippen LogP contribution in [0.25, 0.3) is 28.5 Å². The zero-order chi connectivity index (χ0) is 22.5. The predicted molar refractivity (Wildman–Crippen MR) is 118 cm³/mol. The topological polar surface area (TPSA) is 83.8 Å². The standard InChI is InChI=1S/C24H19FN6O2/c1-14-27-24(33-29-14)23-21-9-16-12-30(11-15-3-5-17(25)6-4-15)28-22(16)19-10-18(32-2)7-8-20(19)31(21)13-26-23/h3-8,10,12-13H,9,11H2,1-2H3. The normalized spacial score (nSPS) is 12.1. The molecule has 164 valence electrons. The Bertz CT molecular complexity index is 1480. The Morgan fingerprint density at radius 1 is 1.12 bits per heavy atom. The lowest BCUT2D eigenvalue weighted by Gasteiger charge is -2.11. The molecule has 8 nitrogen and oxygen atoms in total. The Morgan fingerprint density at radius 3 is 2.73 bits per heavy atom. The zero-order valence-electron chi connectivity index (χ0n) is 18.0. The molecule has 0 spiro atoms. The van der Waals surface area contributed by atoms with Crippen molar-refractivity contribution in [2.24, 2.45) is 0 Å². The highest BCUT2D eigenvalue weighted by atomic mass is 19.1. The fourth-order valence-corrected chi connectivity index (χ4v) is 4.22. The van der Waals surface area contributed by atoms with Crippen LogP contribution in [0.15, 0.2) is 59.5 Å². The number of imidazole rings is 1. The van der Waals surface area contributed by atoms with E-state index in [9.17, 15) is 4.39 Å². The van der Waals surface area contributed by atoms with Gasteiger partial charge in [-0.25, -0.2) is 9.37 Å². The molecule has 0 amide bonds. The van der Waals surface area contributed by atoms with Crippen molar-refractivity contribution < 1.29 is 13.7 Å². The van der Waals surface area contributed by atoms with E-state index < -0.39 is 0 Å². The highest BCUT2D eigenvalue weighted by Crippen LogP contribution is 2.39. The number of aromatic nitrogens is 6. The summed E-state index contributed by atoms with van der Waals surface area (Å²) in [4.78, 5) is 8.97. The Hall–Kier alpha value is -4.27. The molecule has 5 aromatic rings. The highest BCUT2D eigenvalue weighted by Gasteiger charge is 2.27. The van der Waals surface area contributed by atoms with E-state index in [0.717, 1.165) is 39.5 Å². The van der Waals surface area contributed by atoms with Crippen molar-refractivity contribution >= 4 is 0 Å². The van der Waals surface area contributed by atoms with E-state index in [1.807, 2.05) is 33.6 Å². The van der Waals surface area contributed by atoms with Gasteiger partial charge in [0.25, 0.3) is 5.89 Å². The van der Waals surface area contributed by atoms with Crippen LogP contribution in [0.4, 0.5) is 4.39 Å². The maximum atomic E-state index is 13.3. The lowest BCUT2D eigenvalue weighted by Crippen LogP contribution is -2.03. The second-order valence-corrected chi connectivity index (χ2v) is 7.94. The molecule has 0 saturated carbocycles. The van der Waals surface area contributed by atoms with Crippen LogP contribution in [0.3, 0.4) is 0 Å². The van der Waals surface area contributed by atoms with Gasteiger partial charge in [-0.15, -0.1) is 0 Å². The molecule has 0 atom stereocenters. The highest BCUT2D eigenvalue weighted by molar-refractivity contribution is 5.77. The Kier molecular flexibility index (Phi) is 4.36. The van der Waals surface area contributed by atoms with Gasteiger partial charge in [-0.3, -0.25) is 4.68 Å². The summed E-state index contributed by atoms with van der Waals surface area (Å²) in [6.45, 7) is 2.31. The first kappa shape index (κ1) is 19.4. The average molecular weight is 442 g/mol. The summed E-state index contributed by atoms with van der Waals surface area (Å²) < 4.78 is 28.1. The van der Waals surface area contributed by atoms with Crippen LogP contribution in [0.5, 0.6) is 5.75 Å². The molecule has 1 aliphatic rings. The Balaban J connectivity index is 1.50. The molecule has 0 aliphatic carbocycles. The SMILES string of the molecule is COc1ccc2c(c1)-c1nn(Cc3ccc(F)cc3)cc1Cc1c(-c3nc(C)no3)ncn1-2. The van der Waals surface area contributed by atoms with Gasteiger partial charge in [-0.05, 0) is 42.8 Å². The number of aryl methyl sites for hydroxylation is 1. The summed E-state index contributed by atoms with van der Waals surface area (Å²) in [5.41, 5.74) is 6.32. The van der Waals surface area contributed by atoms with Crippen LogP contribution in [0.1, 0.15) is 22.6 Å². The van der Waals surface area contributed by atoms with E-state index in [0.29, 0.717) is 30.4 Å². The van der Waals surface area contributed by atoms with Gasteiger partial charge in [0.05, 0.1) is 30.7 Å². The molecule has 0 fully saturated rings. The van der Waals surface area contributed by atoms with Crippen LogP contribution in [0, 0.1) is 12.7 Å². The van der Waals surface area contributed by atoms with Gasteiger partial charge in [0.1, 0.15) is 17.9 Å². The smallest absolute Gasteiger partial charge is 0.278 e. The molecule has 0 unspecified atom stereocenters. The number of halogens is 1. The van der Waals surface area contributed by atoms with Gasteiger partial charge in [0, 0.05) is 23.7 Å². The van der Waals surface area contributed by atoms with E-state index in [1.54, 1.807) is 32.5 Å². The minimum atomic E-state index is -0.256. The monoisotopic (exact) mass is 442 g/mol. The Morgan fingerprint density at radius 2 is 1.97 bits per heavy atom. The molecule has 3 aromatic heterocycles. The largest absolute Gasteiger partial charge is 0.497 e. The van der Waals surface area contributed by atoms with Crippen LogP contribution in [-0.4, -0.2) is 36.6 Å². The number of hydrogen-bond donors (Lipinski definition) is 0. The molecule has 6 rings (SSSR count). The van der Waals surface area contributed by atoms with E-state index in [4.69, 9.17) is 14.4 Å². The maximum absolute atomic E-state index is 13.3. The molecule has 1 aliphatic heterocycles. The second-order valence-electron chi connectivity index (χ2n) is 7.94. The van der Waals surface area contributed by atoms with Gasteiger partial charge in [0.15, 0.2) is 11.5 Å². The van der Waals surface area contributed by atoms with Gasteiger partial charge < -0.3 is 13.8 Å². The molecular weight excluding hydrogens is 423 g/mol. The van der Waals surface area contributed by atoms with Gasteiger partial charge in [0.2, 0.25) is 0 Å². The van der Waals surface area contributed by atoms with Crippen LogP contribution < -0.4 is 4.74 Å². The summed E-state index contributed by atoms with van der Waals surface area (Å²) in [5.74, 6) is 1.42. The number of ether oxygens (including phenoxy) is 1. The van der Waals surface area contributed by atoms with E-state index in [2.05, 4.69) is 15.1 Å². The van der Waals surface area contributed by atoms with E-state index >= 15 is 0 Å². The molecule has 4 heterocycles. The summed E-state index contributed by atoms with van der Waals surface area (Å²) in [7, 11) is 1.64. The molecule has 2 aromatic carbocycles. The molecule has 0 saturated heterocycles. The molecule has 0 bridgehead atoms. The third-order valence-electron chi connectivity index (χ3n) is 5.77. The van der Waals surface area contributed by atoms with Crippen LogP contribution in [0.2, 0.25) is 0 Å². The average Bonchev–Trinajstić information content (AvgIpc) is 3.52. The number of benzene rings is 2. The van der Waals surface area contributed by atoms with Gasteiger partial charge in [-0.1, -0.05) is 17.3 Å². The minimum absolute atomic E-state index is 0.256. The summed E-state index contributed by atoms with van der Waals surface area (Å²) in [6.07, 6.45) is 4.37. The van der Waals surface area contributed by atoms with Crippen LogP contribution >= 0.6 is 0 Å². The second kappa shape index (κ2) is 7.40. The van der Waals surface area contributed by atoms with Crippen molar-refractivity contribution in [2.75, 3.05) is 7.11 Å². The van der Waals surface area contributed by atoms with Crippen molar-refractivity contribution in [3.63, 3.8) is 0 Å². The quantitative estimate of drug-likeness (QED) is 0.407. The summed E-state index contributed by atoms with van der Waals surface area (Å²) >= 11 is 0. The number of methoxy groups -OCH3 is 1. The fraction of sp³-hybridized carbons (Fsp3) is 0.167. The third-order valence-corrected chi connectivity index (χ3v) is 5.77. The van der Waals surface area contributed by atoms with Crippen molar-refractivity contribution in [1.82, 2.24) is 29.5 Å². The number of nitrogens with zero attached hydrogens (tertiary/aromatic N) is 6. The Labute approximate surface area is 188 Å². The van der Waals surface area contributed by atoms with E-state index in [-0.39, 0.29) is 5.82 Å². The fourth-order valence-electron chi connectivity index (χ4n) is 4.22. The number of hydrogen-bond acceptors (Lipinski definition) is 6. The summed E-state index contributed by atoms with van der Waals surface area (Å²) in [6, 6.07) is 12.3. The molecular formula is C24H19FN6O2. The van der Waals surface area contributed by atoms with Crippen molar-refractivity contribution in [2.45, 2.75) is 19.9 Å². The first-order valence-electron chi connectivity index (χ1n) is 10.5. The zero-order valence-corrected chi connectivity index (χ0v) is 18.0. The number of rotatable bonds is 4. The van der Waals surface area contributed by atoms with Crippen LogP contribution in [-0.2, 0) is 13.0 Å². The van der Waals surface area contributed by atoms with E-state index in [1.165, 1.54) is 12.1 Å². The predicted octanol–water partition coefficient (Wildman–Crippen LogP) is 4.19. The number of fused-ring (bicyclic) bond motifs is 5. The maximum Gasteiger partial charge on any atom is 0.278 e. The van der Waals surface area contributed by atoms with Crippen molar-refractivity contribution in [3.05, 3.63) is 83.5 Å². The lowest BCUT2D eigenvalue weighted by molar-refractivity contribution is 0.415. The first-order valence-corrected chi connectivity index (χ1v) is 10.5. The van der Waals surface area contributed by atoms with Crippen molar-refractivity contribution in [1.29, 1.82) is 0 Å². The molecule has 0 N–H and O–H groups in total. The third kappa shape index (κ3) is 3.29. The first-order chi connectivity index (χ1) is 16.1. The molecule has 9 heteroatoms.